The number of piperidine rings is 1. The van der Waals surface area contributed by atoms with E-state index in [1.807, 2.05) is 52.0 Å². The van der Waals surface area contributed by atoms with Gasteiger partial charge in [0.2, 0.25) is 0 Å². The highest BCUT2D eigenvalue weighted by molar-refractivity contribution is 7.10. The summed E-state index contributed by atoms with van der Waals surface area (Å²) in [5, 5.41) is 2.22. The molecule has 0 aliphatic carbocycles. The van der Waals surface area contributed by atoms with Crippen LogP contribution in [-0.2, 0) is 13.0 Å². The lowest BCUT2D eigenvalue weighted by Gasteiger charge is -2.40. The smallest absolute Gasteiger partial charge is 0.272 e. The van der Waals surface area contributed by atoms with Gasteiger partial charge >= 0.3 is 0 Å². The number of hydrogen-bond acceptors (Lipinski definition) is 4. The van der Waals surface area contributed by atoms with E-state index in [2.05, 4.69) is 21.3 Å². The van der Waals surface area contributed by atoms with E-state index in [1.165, 1.54) is 12.0 Å². The number of nitrogens with zero attached hydrogens (tertiary/aromatic N) is 4. The first kappa shape index (κ1) is 17.0. The second kappa shape index (κ2) is 6.77. The molecule has 27 heavy (non-hydrogen) atoms. The number of likely N-dealkylation sites (tertiary alicyclic amines) is 1. The molecule has 1 amide bonds. The zero-order valence-electron chi connectivity index (χ0n) is 15.6. The van der Waals surface area contributed by atoms with E-state index in [4.69, 9.17) is 0 Å². The molecular weight excluding hydrogens is 356 g/mol. The van der Waals surface area contributed by atoms with Gasteiger partial charge in [-0.3, -0.25) is 14.1 Å². The largest absolute Gasteiger partial charge is 0.337 e. The van der Waals surface area contributed by atoms with E-state index >= 15 is 0 Å². The normalized spacial score (nSPS) is 18.8. The van der Waals surface area contributed by atoms with E-state index in [1.54, 1.807) is 4.88 Å². The third-order valence-electron chi connectivity index (χ3n) is 6.01. The summed E-state index contributed by atoms with van der Waals surface area (Å²) in [6.45, 7) is 5.81. The molecule has 3 aromatic heterocycles. The maximum atomic E-state index is 13.2. The highest BCUT2D eigenvalue weighted by Gasteiger charge is 2.31. The molecule has 6 heteroatoms. The molecule has 0 N–H and O–H groups in total. The van der Waals surface area contributed by atoms with Gasteiger partial charge in [0, 0.05) is 43.3 Å². The summed E-state index contributed by atoms with van der Waals surface area (Å²) >= 11 is 1.89. The Labute approximate surface area is 163 Å². The van der Waals surface area contributed by atoms with Gasteiger partial charge in [-0.05, 0) is 55.3 Å². The standard InChI is InChI=1S/C21H24N4OS/c1-15-20(25-9-3-2-4-19(25)22-15)21(26)23-10-5-17(6-11-23)24-12-7-18-16(14-24)8-13-27-18/h2-4,8-9,13,17H,5-7,10-12,14H2,1H3. The van der Waals surface area contributed by atoms with Crippen LogP contribution < -0.4 is 0 Å². The third-order valence-corrected chi connectivity index (χ3v) is 7.04. The van der Waals surface area contributed by atoms with Crippen LogP contribution in [0, 0.1) is 6.92 Å². The molecule has 0 aromatic carbocycles. The van der Waals surface area contributed by atoms with Gasteiger partial charge in [0.1, 0.15) is 11.3 Å². The summed E-state index contributed by atoms with van der Waals surface area (Å²) in [4.78, 5) is 23.9. The number of carbonyl (C=O) groups excluding carboxylic acids is 1. The minimum absolute atomic E-state index is 0.114. The van der Waals surface area contributed by atoms with Crippen molar-refractivity contribution in [2.75, 3.05) is 19.6 Å². The van der Waals surface area contributed by atoms with Crippen LogP contribution in [0.3, 0.4) is 0 Å². The molecule has 0 radical (unpaired) electrons. The summed E-state index contributed by atoms with van der Waals surface area (Å²) < 4.78 is 1.92. The number of pyridine rings is 1. The summed E-state index contributed by atoms with van der Waals surface area (Å²) in [7, 11) is 0. The number of rotatable bonds is 2. The van der Waals surface area contributed by atoms with Crippen molar-refractivity contribution in [3.8, 4) is 0 Å². The molecule has 0 saturated carbocycles. The third kappa shape index (κ3) is 2.97. The molecule has 2 aliphatic rings. The van der Waals surface area contributed by atoms with Crippen LogP contribution in [0.25, 0.3) is 5.65 Å². The van der Waals surface area contributed by atoms with Crippen LogP contribution >= 0.6 is 11.3 Å². The Balaban J connectivity index is 1.28. The number of aryl methyl sites for hydroxylation is 1. The molecule has 0 atom stereocenters. The monoisotopic (exact) mass is 380 g/mol. The Bertz CT molecular complexity index is 983. The fourth-order valence-electron chi connectivity index (χ4n) is 4.54. The predicted octanol–water partition coefficient (Wildman–Crippen LogP) is 3.37. The molecule has 1 saturated heterocycles. The first-order valence-electron chi connectivity index (χ1n) is 9.73. The van der Waals surface area contributed by atoms with Crippen molar-refractivity contribution in [1.29, 1.82) is 0 Å². The van der Waals surface area contributed by atoms with Crippen LogP contribution in [0.2, 0.25) is 0 Å². The predicted molar refractivity (Wildman–Crippen MR) is 107 cm³/mol. The molecule has 3 aromatic rings. The quantitative estimate of drug-likeness (QED) is 0.684. The van der Waals surface area contributed by atoms with Crippen molar-refractivity contribution in [1.82, 2.24) is 19.2 Å². The zero-order chi connectivity index (χ0) is 18.4. The first-order valence-corrected chi connectivity index (χ1v) is 10.6. The summed E-state index contributed by atoms with van der Waals surface area (Å²) in [5.74, 6) is 0.114. The fourth-order valence-corrected chi connectivity index (χ4v) is 5.43. The topological polar surface area (TPSA) is 40.9 Å². The lowest BCUT2D eigenvalue weighted by molar-refractivity contribution is 0.0593. The Morgan fingerprint density at radius 2 is 2.04 bits per heavy atom. The molecule has 1 fully saturated rings. The molecular formula is C21H24N4OS. The molecule has 2 aliphatic heterocycles. The van der Waals surface area contributed by atoms with Gasteiger partial charge in [0.05, 0.1) is 5.69 Å². The van der Waals surface area contributed by atoms with Gasteiger partial charge in [-0.2, -0.15) is 0 Å². The number of fused-ring (bicyclic) bond motifs is 2. The number of amides is 1. The van der Waals surface area contributed by atoms with Gasteiger partial charge in [0.25, 0.3) is 5.91 Å². The molecule has 0 bridgehead atoms. The lowest BCUT2D eigenvalue weighted by Crippen LogP contribution is -2.48. The maximum absolute atomic E-state index is 13.2. The van der Waals surface area contributed by atoms with Crippen LogP contribution in [0.1, 0.15) is 39.5 Å². The lowest BCUT2D eigenvalue weighted by atomic mass is 9.99. The number of thiophene rings is 1. The maximum Gasteiger partial charge on any atom is 0.272 e. The average Bonchev–Trinajstić information content (AvgIpc) is 3.30. The second-order valence-corrected chi connectivity index (χ2v) is 8.59. The first-order chi connectivity index (χ1) is 13.2. The van der Waals surface area contributed by atoms with E-state index in [0.29, 0.717) is 11.7 Å². The SMILES string of the molecule is Cc1nc2ccccn2c1C(=O)N1CCC(N2CCc3sccc3C2)CC1. The Kier molecular flexibility index (Phi) is 4.25. The molecule has 0 spiro atoms. The van der Waals surface area contributed by atoms with Crippen molar-refractivity contribution < 1.29 is 4.79 Å². The highest BCUT2D eigenvalue weighted by atomic mass is 32.1. The summed E-state index contributed by atoms with van der Waals surface area (Å²) in [5.41, 5.74) is 3.87. The number of imidazole rings is 1. The van der Waals surface area contributed by atoms with E-state index in [9.17, 15) is 4.79 Å². The highest BCUT2D eigenvalue weighted by Crippen LogP contribution is 2.28. The Hall–Kier alpha value is -2.18. The van der Waals surface area contributed by atoms with Crippen molar-refractivity contribution in [2.24, 2.45) is 0 Å². The van der Waals surface area contributed by atoms with Crippen LogP contribution in [0.4, 0.5) is 0 Å². The van der Waals surface area contributed by atoms with Gasteiger partial charge in [0.15, 0.2) is 0 Å². The molecule has 5 heterocycles. The van der Waals surface area contributed by atoms with Crippen molar-refractivity contribution >= 4 is 22.9 Å². The zero-order valence-corrected chi connectivity index (χ0v) is 16.4. The average molecular weight is 381 g/mol. The van der Waals surface area contributed by atoms with Gasteiger partial charge in [-0.1, -0.05) is 6.07 Å². The number of hydrogen-bond donors (Lipinski definition) is 0. The number of aromatic nitrogens is 2. The molecule has 140 valence electrons. The number of carbonyl (C=O) groups is 1. The minimum Gasteiger partial charge on any atom is -0.337 e. The van der Waals surface area contributed by atoms with Crippen LogP contribution in [0.15, 0.2) is 35.8 Å². The van der Waals surface area contributed by atoms with E-state index < -0.39 is 0 Å². The summed E-state index contributed by atoms with van der Waals surface area (Å²) in [6, 6.07) is 8.72. The van der Waals surface area contributed by atoms with Gasteiger partial charge in [-0.15, -0.1) is 11.3 Å². The molecule has 0 unspecified atom stereocenters. The molecule has 5 nitrogen and oxygen atoms in total. The Morgan fingerprint density at radius 1 is 1.19 bits per heavy atom. The van der Waals surface area contributed by atoms with Crippen LogP contribution in [0.5, 0.6) is 0 Å². The van der Waals surface area contributed by atoms with Crippen molar-refractivity contribution in [3.63, 3.8) is 0 Å². The Morgan fingerprint density at radius 3 is 2.89 bits per heavy atom. The van der Waals surface area contributed by atoms with Crippen molar-refractivity contribution in [3.05, 3.63) is 57.7 Å². The van der Waals surface area contributed by atoms with E-state index in [-0.39, 0.29) is 5.91 Å². The van der Waals surface area contributed by atoms with Crippen molar-refractivity contribution in [2.45, 2.75) is 38.8 Å². The summed E-state index contributed by atoms with van der Waals surface area (Å²) in [6.07, 6.45) is 5.22. The fraction of sp³-hybridized carbons (Fsp3) is 0.429. The van der Waals surface area contributed by atoms with Crippen LogP contribution in [-0.4, -0.2) is 50.8 Å². The minimum atomic E-state index is 0.114. The van der Waals surface area contributed by atoms with Gasteiger partial charge in [-0.25, -0.2) is 4.98 Å². The van der Waals surface area contributed by atoms with Gasteiger partial charge < -0.3 is 4.90 Å². The molecule has 5 rings (SSSR count). The second-order valence-electron chi connectivity index (χ2n) is 7.59. The van der Waals surface area contributed by atoms with E-state index in [0.717, 1.165) is 50.4 Å².